The second kappa shape index (κ2) is 11.8. The van der Waals surface area contributed by atoms with E-state index in [1.807, 2.05) is 20.8 Å². The van der Waals surface area contributed by atoms with E-state index in [1.54, 1.807) is 0 Å². The molecular weight excluding hydrogens is 333 g/mol. The van der Waals surface area contributed by atoms with Gasteiger partial charge in [-0.15, -0.1) is 34.8 Å². The van der Waals surface area contributed by atoms with Crippen molar-refractivity contribution in [2.75, 3.05) is 38.2 Å². The van der Waals surface area contributed by atoms with Gasteiger partial charge in [0.15, 0.2) is 0 Å². The van der Waals surface area contributed by atoms with Crippen molar-refractivity contribution in [1.29, 1.82) is 0 Å². The maximum Gasteiger partial charge on any atom is 0.332 e. The Hall–Kier alpha value is 1.14. The molecule has 0 heterocycles. The Kier molecular flexibility index (Phi) is 12.5. The zero-order valence-electron chi connectivity index (χ0n) is 11.5. The summed E-state index contributed by atoms with van der Waals surface area (Å²) in [4.78, 5) is 0. The van der Waals surface area contributed by atoms with Crippen LogP contribution in [0, 0.1) is 0 Å². The molecule has 0 N–H and O–H groups in total. The van der Waals surface area contributed by atoms with Gasteiger partial charge in [-0.25, -0.2) is 0 Å². The molecule has 8 heteroatoms. The fourth-order valence-corrected chi connectivity index (χ4v) is 2.45. The molecule has 0 amide bonds. The van der Waals surface area contributed by atoms with Crippen molar-refractivity contribution in [2.24, 2.45) is 0 Å². The van der Waals surface area contributed by atoms with Gasteiger partial charge in [0.05, 0.1) is 37.4 Å². The summed E-state index contributed by atoms with van der Waals surface area (Å²) in [5, 5.41) is -0.261. The van der Waals surface area contributed by atoms with E-state index in [2.05, 4.69) is 0 Å². The first-order valence-corrected chi connectivity index (χ1v) is 8.58. The molecule has 1 unspecified atom stereocenters. The molecule has 0 aromatic heterocycles. The minimum absolute atomic E-state index is 0.220. The van der Waals surface area contributed by atoms with Crippen molar-refractivity contribution in [3.8, 4) is 0 Å². The maximum atomic E-state index is 6.10. The molecular formula is C11H22Cl3O4P. The quantitative estimate of drug-likeness (QED) is 0.412. The summed E-state index contributed by atoms with van der Waals surface area (Å²) < 4.78 is 21.7. The minimum Gasteiger partial charge on any atom is -0.374 e. The van der Waals surface area contributed by atoms with Gasteiger partial charge in [0.25, 0.3) is 0 Å². The molecule has 19 heavy (non-hydrogen) atoms. The average Bonchev–Trinajstić information content (AvgIpc) is 2.34. The van der Waals surface area contributed by atoms with Gasteiger partial charge in [-0.1, -0.05) is 0 Å². The van der Waals surface area contributed by atoms with Gasteiger partial charge in [-0.3, -0.25) is 0 Å². The third-order valence-corrected chi connectivity index (χ3v) is 3.31. The van der Waals surface area contributed by atoms with Crippen molar-refractivity contribution >= 4 is 43.4 Å². The van der Waals surface area contributed by atoms with E-state index in [0.29, 0.717) is 31.6 Å². The van der Waals surface area contributed by atoms with Crippen molar-refractivity contribution in [3.05, 3.63) is 0 Å². The zero-order valence-corrected chi connectivity index (χ0v) is 14.7. The maximum absolute atomic E-state index is 6.10. The monoisotopic (exact) mass is 354 g/mol. The highest BCUT2D eigenvalue weighted by Gasteiger charge is 2.18. The van der Waals surface area contributed by atoms with E-state index in [9.17, 15) is 0 Å². The third-order valence-electron chi connectivity index (χ3n) is 1.61. The number of halogens is 3. The van der Waals surface area contributed by atoms with Gasteiger partial charge in [0.1, 0.15) is 0 Å². The van der Waals surface area contributed by atoms with E-state index in [4.69, 9.17) is 53.1 Å². The van der Waals surface area contributed by atoms with Crippen LogP contribution in [0.2, 0.25) is 0 Å². The van der Waals surface area contributed by atoms with Gasteiger partial charge in [0.2, 0.25) is 0 Å². The first-order chi connectivity index (χ1) is 8.89. The van der Waals surface area contributed by atoms with Crippen molar-refractivity contribution in [1.82, 2.24) is 0 Å². The molecule has 116 valence electrons. The van der Waals surface area contributed by atoms with Crippen LogP contribution in [-0.4, -0.2) is 49.2 Å². The fourth-order valence-electron chi connectivity index (χ4n) is 0.860. The van der Waals surface area contributed by atoms with Crippen LogP contribution in [0.1, 0.15) is 20.8 Å². The Morgan fingerprint density at radius 3 is 1.89 bits per heavy atom. The van der Waals surface area contributed by atoms with Crippen molar-refractivity contribution < 1.29 is 18.3 Å². The number of hydrogen-bond acceptors (Lipinski definition) is 4. The Balaban J connectivity index is 3.87. The average molecular weight is 356 g/mol. The standard InChI is InChI=1S/C11H22Cl3O4P/c1-11(2,3)15-8-10(14)9-18-19(16-6-4-12)17-7-5-13/h10H,4-9H2,1-3H3. The first-order valence-electron chi connectivity index (χ1n) is 5.98. The third kappa shape index (κ3) is 13.9. The Morgan fingerprint density at radius 2 is 1.47 bits per heavy atom. The lowest BCUT2D eigenvalue weighted by Gasteiger charge is -2.22. The molecule has 4 nitrogen and oxygen atoms in total. The molecule has 0 fully saturated rings. The van der Waals surface area contributed by atoms with E-state index in [-0.39, 0.29) is 17.6 Å². The summed E-state index contributed by atoms with van der Waals surface area (Å²) in [6, 6.07) is 0. The van der Waals surface area contributed by atoms with Crippen molar-refractivity contribution in [2.45, 2.75) is 31.7 Å². The van der Waals surface area contributed by atoms with Crippen LogP contribution in [0.4, 0.5) is 0 Å². The van der Waals surface area contributed by atoms with Crippen LogP contribution >= 0.6 is 43.4 Å². The summed E-state index contributed by atoms with van der Waals surface area (Å²) in [6.07, 6.45) is 0. The molecule has 0 bridgehead atoms. The van der Waals surface area contributed by atoms with Crippen LogP contribution in [0.25, 0.3) is 0 Å². The van der Waals surface area contributed by atoms with Gasteiger partial charge < -0.3 is 18.3 Å². The summed E-state index contributed by atoms with van der Waals surface area (Å²) in [5.41, 5.74) is -0.220. The van der Waals surface area contributed by atoms with Crippen LogP contribution in [-0.2, 0) is 18.3 Å². The van der Waals surface area contributed by atoms with E-state index < -0.39 is 8.60 Å². The molecule has 1 atom stereocenters. The predicted molar refractivity (Wildman–Crippen MR) is 81.6 cm³/mol. The molecule has 0 aromatic carbocycles. The normalized spacial score (nSPS) is 14.1. The Morgan fingerprint density at radius 1 is 0.947 bits per heavy atom. The van der Waals surface area contributed by atoms with Gasteiger partial charge >= 0.3 is 8.60 Å². The van der Waals surface area contributed by atoms with E-state index in [1.165, 1.54) is 0 Å². The smallest absolute Gasteiger partial charge is 0.332 e. The van der Waals surface area contributed by atoms with Crippen LogP contribution in [0.15, 0.2) is 0 Å². The highest BCUT2D eigenvalue weighted by molar-refractivity contribution is 7.41. The molecule has 0 spiro atoms. The highest BCUT2D eigenvalue weighted by atomic mass is 35.5. The Bertz CT molecular complexity index is 209. The summed E-state index contributed by atoms with van der Waals surface area (Å²) in [5.74, 6) is 0.758. The molecule has 0 radical (unpaired) electrons. The lowest BCUT2D eigenvalue weighted by molar-refractivity contribution is -0.00687. The number of hydrogen-bond donors (Lipinski definition) is 0. The largest absolute Gasteiger partial charge is 0.374 e. The highest BCUT2D eigenvalue weighted by Crippen LogP contribution is 2.39. The Labute approximate surface area is 132 Å². The van der Waals surface area contributed by atoms with Gasteiger partial charge in [0, 0.05) is 11.8 Å². The van der Waals surface area contributed by atoms with Gasteiger partial charge in [-0.2, -0.15) is 0 Å². The second-order valence-electron chi connectivity index (χ2n) is 4.58. The SMILES string of the molecule is CC(C)(C)OCC(Cl)COP(OCCCl)OCCCl. The second-order valence-corrected chi connectivity index (χ2v) is 7.18. The minimum atomic E-state index is -1.45. The number of ether oxygens (including phenoxy) is 1. The molecule has 0 rings (SSSR count). The zero-order chi connectivity index (χ0) is 14.7. The molecule has 0 saturated carbocycles. The summed E-state index contributed by atoms with van der Waals surface area (Å²) in [6.45, 7) is 7.32. The molecule has 0 aliphatic rings. The summed E-state index contributed by atoms with van der Waals surface area (Å²) in [7, 11) is -1.45. The van der Waals surface area contributed by atoms with Gasteiger partial charge in [-0.05, 0) is 20.8 Å². The van der Waals surface area contributed by atoms with Crippen molar-refractivity contribution in [3.63, 3.8) is 0 Å². The molecule has 0 aliphatic carbocycles. The lowest BCUT2D eigenvalue weighted by atomic mass is 10.2. The number of alkyl halides is 3. The fraction of sp³-hybridized carbons (Fsp3) is 1.00. The number of rotatable bonds is 11. The molecule has 0 saturated heterocycles. The molecule has 0 aromatic rings. The van der Waals surface area contributed by atoms with E-state index in [0.717, 1.165) is 0 Å². The lowest BCUT2D eigenvalue weighted by Crippen LogP contribution is -2.25. The first kappa shape index (κ1) is 20.1. The molecule has 0 aliphatic heterocycles. The topological polar surface area (TPSA) is 36.9 Å². The van der Waals surface area contributed by atoms with Crippen LogP contribution in [0.3, 0.4) is 0 Å². The van der Waals surface area contributed by atoms with Crippen LogP contribution < -0.4 is 0 Å². The van der Waals surface area contributed by atoms with Crippen LogP contribution in [0.5, 0.6) is 0 Å². The van der Waals surface area contributed by atoms with E-state index >= 15 is 0 Å². The predicted octanol–water partition coefficient (Wildman–Crippen LogP) is 4.16. The summed E-state index contributed by atoms with van der Waals surface area (Å²) >= 11 is 17.2.